The van der Waals surface area contributed by atoms with Crippen LogP contribution in [0.1, 0.15) is 22.3 Å². The van der Waals surface area contributed by atoms with Crippen LogP contribution in [0, 0.1) is 13.8 Å². The quantitative estimate of drug-likeness (QED) is 0.524. The summed E-state index contributed by atoms with van der Waals surface area (Å²) in [4.78, 5) is 0. The molecule has 0 atom stereocenters. The fourth-order valence-electron chi connectivity index (χ4n) is 3.58. The maximum Gasteiger partial charge on any atom is 0.116 e. The maximum atomic E-state index is 9.80. The standard InChI is InChI=1S/C19H16O.ClH/c1-11-15-5-3-4-6-16(15)12(2)19-17(11)9-13-7-8-14(20)10-18(13)19;/h3-8,10,20H,9H2,1-2H3;1H/p-1. The third-order valence-corrected chi connectivity index (χ3v) is 4.59. The number of aromatic hydroxyl groups is 1. The van der Waals surface area contributed by atoms with Gasteiger partial charge in [-0.15, -0.1) is 0 Å². The average molecular weight is 296 g/mol. The van der Waals surface area contributed by atoms with Crippen molar-refractivity contribution in [3.63, 3.8) is 0 Å². The van der Waals surface area contributed by atoms with Crippen LogP contribution in [0.3, 0.4) is 0 Å². The number of fused-ring (bicyclic) bond motifs is 4. The van der Waals surface area contributed by atoms with E-state index in [1.807, 2.05) is 12.1 Å². The Kier molecular flexibility index (Phi) is 3.18. The van der Waals surface area contributed by atoms with Gasteiger partial charge in [0, 0.05) is 0 Å². The Morgan fingerprint density at radius 1 is 0.905 bits per heavy atom. The molecule has 0 unspecified atom stereocenters. The first-order valence-electron chi connectivity index (χ1n) is 7.00. The molecule has 106 valence electrons. The molecule has 0 aliphatic heterocycles. The molecule has 0 radical (unpaired) electrons. The zero-order chi connectivity index (χ0) is 13.9. The van der Waals surface area contributed by atoms with Gasteiger partial charge in [0.25, 0.3) is 0 Å². The largest absolute Gasteiger partial charge is 1.00 e. The highest BCUT2D eigenvalue weighted by Gasteiger charge is 2.24. The zero-order valence-corrected chi connectivity index (χ0v) is 12.8. The van der Waals surface area contributed by atoms with Gasteiger partial charge in [-0.05, 0) is 76.6 Å². The third-order valence-electron chi connectivity index (χ3n) is 4.59. The fraction of sp³-hybridized carbons (Fsp3) is 0.158. The highest BCUT2D eigenvalue weighted by atomic mass is 35.5. The molecule has 1 aliphatic carbocycles. The lowest BCUT2D eigenvalue weighted by Gasteiger charge is -2.14. The molecule has 0 amide bonds. The van der Waals surface area contributed by atoms with Crippen LogP contribution >= 0.6 is 0 Å². The monoisotopic (exact) mass is 295 g/mol. The summed E-state index contributed by atoms with van der Waals surface area (Å²) in [7, 11) is 0. The molecule has 3 aromatic carbocycles. The van der Waals surface area contributed by atoms with Gasteiger partial charge in [-0.3, -0.25) is 0 Å². The normalized spacial score (nSPS) is 11.9. The van der Waals surface area contributed by atoms with Crippen LogP contribution in [0.15, 0.2) is 42.5 Å². The predicted octanol–water partition coefficient (Wildman–Crippen LogP) is 1.74. The highest BCUT2D eigenvalue weighted by Crippen LogP contribution is 2.45. The maximum absolute atomic E-state index is 9.80. The van der Waals surface area contributed by atoms with Crippen molar-refractivity contribution >= 4 is 10.8 Å². The van der Waals surface area contributed by atoms with E-state index in [2.05, 4.69) is 38.1 Å². The summed E-state index contributed by atoms with van der Waals surface area (Å²) in [6.45, 7) is 4.41. The summed E-state index contributed by atoms with van der Waals surface area (Å²) in [6.07, 6.45) is 0.975. The van der Waals surface area contributed by atoms with Gasteiger partial charge in [0.05, 0.1) is 0 Å². The van der Waals surface area contributed by atoms with E-state index in [9.17, 15) is 5.11 Å². The van der Waals surface area contributed by atoms with Crippen molar-refractivity contribution in [3.8, 4) is 16.9 Å². The summed E-state index contributed by atoms with van der Waals surface area (Å²) in [5, 5.41) is 12.5. The van der Waals surface area contributed by atoms with Gasteiger partial charge in [0.2, 0.25) is 0 Å². The number of aryl methyl sites for hydroxylation is 2. The van der Waals surface area contributed by atoms with Crippen molar-refractivity contribution in [1.82, 2.24) is 0 Å². The molecule has 2 heteroatoms. The molecule has 0 bridgehead atoms. The van der Waals surface area contributed by atoms with Crippen molar-refractivity contribution in [1.29, 1.82) is 0 Å². The predicted molar refractivity (Wildman–Crippen MR) is 83.3 cm³/mol. The average Bonchev–Trinajstić information content (AvgIpc) is 2.84. The second-order valence-electron chi connectivity index (χ2n) is 5.67. The SMILES string of the molecule is Cc1c2c(c(C)c3ccccc13)-c1cc(O)ccc1C2.[Cl-]. The number of phenols is 1. The molecule has 0 heterocycles. The molecule has 4 rings (SSSR count). The van der Waals surface area contributed by atoms with E-state index in [0.29, 0.717) is 5.75 Å². The molecule has 0 saturated heterocycles. The molecule has 3 aromatic rings. The van der Waals surface area contributed by atoms with E-state index in [1.165, 1.54) is 44.2 Å². The minimum atomic E-state index is 0. The minimum absolute atomic E-state index is 0. The van der Waals surface area contributed by atoms with Gasteiger partial charge in [-0.25, -0.2) is 0 Å². The lowest BCUT2D eigenvalue weighted by atomic mass is 9.90. The number of rotatable bonds is 0. The first-order chi connectivity index (χ1) is 9.66. The Morgan fingerprint density at radius 3 is 2.29 bits per heavy atom. The first-order valence-corrected chi connectivity index (χ1v) is 7.00. The lowest BCUT2D eigenvalue weighted by Crippen LogP contribution is -3.00. The van der Waals surface area contributed by atoms with E-state index < -0.39 is 0 Å². The topological polar surface area (TPSA) is 20.2 Å². The summed E-state index contributed by atoms with van der Waals surface area (Å²) in [6, 6.07) is 14.3. The van der Waals surface area contributed by atoms with E-state index in [1.54, 1.807) is 6.07 Å². The number of hydrogen-bond donors (Lipinski definition) is 1. The van der Waals surface area contributed by atoms with Crippen LogP contribution in [-0.4, -0.2) is 5.11 Å². The highest BCUT2D eigenvalue weighted by molar-refractivity contribution is 5.98. The van der Waals surface area contributed by atoms with Crippen molar-refractivity contribution in [3.05, 3.63) is 64.7 Å². The zero-order valence-electron chi connectivity index (χ0n) is 12.1. The molecule has 0 fully saturated rings. The molecular formula is C19H16ClO-. The van der Waals surface area contributed by atoms with Gasteiger partial charge in [0.15, 0.2) is 0 Å². The summed E-state index contributed by atoms with van der Waals surface area (Å²) >= 11 is 0. The second-order valence-corrected chi connectivity index (χ2v) is 5.67. The number of hydrogen-bond acceptors (Lipinski definition) is 1. The molecule has 0 spiro atoms. The summed E-state index contributed by atoms with van der Waals surface area (Å²) in [5.41, 5.74) is 7.96. The van der Waals surface area contributed by atoms with Gasteiger partial charge in [-0.2, -0.15) is 0 Å². The smallest absolute Gasteiger partial charge is 0.116 e. The molecule has 1 aliphatic rings. The van der Waals surface area contributed by atoms with Gasteiger partial charge in [0.1, 0.15) is 5.75 Å². The molecule has 0 aromatic heterocycles. The molecule has 0 saturated carbocycles. The molecule has 1 nitrogen and oxygen atoms in total. The van der Waals surface area contributed by atoms with E-state index >= 15 is 0 Å². The Morgan fingerprint density at radius 2 is 1.57 bits per heavy atom. The van der Waals surface area contributed by atoms with Gasteiger partial charge < -0.3 is 17.5 Å². The molecule has 1 N–H and O–H groups in total. The molecule has 21 heavy (non-hydrogen) atoms. The molecular weight excluding hydrogens is 280 g/mol. The van der Waals surface area contributed by atoms with Crippen molar-refractivity contribution in [2.45, 2.75) is 20.3 Å². The van der Waals surface area contributed by atoms with Crippen LogP contribution < -0.4 is 12.4 Å². The second kappa shape index (κ2) is 4.78. The van der Waals surface area contributed by atoms with E-state index in [0.717, 1.165) is 6.42 Å². The van der Waals surface area contributed by atoms with Gasteiger partial charge >= 0.3 is 0 Å². The van der Waals surface area contributed by atoms with Gasteiger partial charge in [-0.1, -0.05) is 30.3 Å². The number of halogens is 1. The van der Waals surface area contributed by atoms with Crippen LogP contribution in [0.2, 0.25) is 0 Å². The lowest BCUT2D eigenvalue weighted by molar-refractivity contribution is -0.00000501. The minimum Gasteiger partial charge on any atom is -1.00 e. The fourth-order valence-corrected chi connectivity index (χ4v) is 3.58. The Labute approximate surface area is 130 Å². The third kappa shape index (κ3) is 1.85. The van der Waals surface area contributed by atoms with E-state index in [-0.39, 0.29) is 12.4 Å². The Balaban J connectivity index is 0.00000132. The first kappa shape index (κ1) is 14.0. The van der Waals surface area contributed by atoms with Crippen molar-refractivity contribution in [2.24, 2.45) is 0 Å². The van der Waals surface area contributed by atoms with Crippen LogP contribution in [0.5, 0.6) is 5.75 Å². The van der Waals surface area contributed by atoms with Crippen molar-refractivity contribution < 1.29 is 17.5 Å². The van der Waals surface area contributed by atoms with Crippen molar-refractivity contribution in [2.75, 3.05) is 0 Å². The van der Waals surface area contributed by atoms with Crippen LogP contribution in [-0.2, 0) is 6.42 Å². The van der Waals surface area contributed by atoms with Crippen LogP contribution in [0.25, 0.3) is 21.9 Å². The van der Waals surface area contributed by atoms with E-state index in [4.69, 9.17) is 0 Å². The van der Waals surface area contributed by atoms with Crippen LogP contribution in [0.4, 0.5) is 0 Å². The Bertz CT molecular complexity index is 865. The number of benzene rings is 3. The summed E-state index contributed by atoms with van der Waals surface area (Å²) < 4.78 is 0. The Hall–Kier alpha value is -1.99. The summed E-state index contributed by atoms with van der Waals surface area (Å²) in [5.74, 6) is 0.349. The number of phenolic OH excluding ortho intramolecular Hbond substituents is 1.